The number of hydrogen-bond donors (Lipinski definition) is 0. The van der Waals surface area contributed by atoms with Gasteiger partial charge in [0.2, 0.25) is 0 Å². The molecule has 0 amide bonds. The molecule has 1 saturated heterocycles. The average Bonchev–Trinajstić information content (AvgIpc) is 3.50. The molecule has 3 aromatic rings. The average molecular weight is 435 g/mol. The molecule has 1 atom stereocenters. The maximum absolute atomic E-state index is 15.0. The molecule has 0 radical (unpaired) electrons. The van der Waals surface area contributed by atoms with Crippen LogP contribution >= 0.6 is 0 Å². The zero-order valence-corrected chi connectivity index (χ0v) is 18.9. The summed E-state index contributed by atoms with van der Waals surface area (Å²) in [5.41, 5.74) is 4.59. The molecule has 2 aliphatic rings. The summed E-state index contributed by atoms with van der Waals surface area (Å²) in [6.07, 6.45) is 4.57. The van der Waals surface area contributed by atoms with E-state index in [0.717, 1.165) is 44.8 Å². The molecule has 2 aromatic carbocycles. The van der Waals surface area contributed by atoms with Gasteiger partial charge in [-0.2, -0.15) is 0 Å². The van der Waals surface area contributed by atoms with Crippen molar-refractivity contribution in [2.75, 3.05) is 31.1 Å². The standard InChI is InChI=1S/C25H31FN6/c1-18-8-7-13-23(19(18)2)30-14-16-31(17-15-30)24(21-11-5-6-12-22(21)26)25-27-28-29-32(25)20-9-3-4-10-20/h5-8,11-13,20,24H,3-4,9-10,14-17H2,1-2H3/t24-/m0/s1. The fraction of sp³-hybridized carbons (Fsp3) is 0.480. The zero-order chi connectivity index (χ0) is 22.1. The van der Waals surface area contributed by atoms with Crippen LogP contribution in [0.25, 0.3) is 0 Å². The second-order valence-corrected chi connectivity index (χ2v) is 9.09. The largest absolute Gasteiger partial charge is 0.369 e. The van der Waals surface area contributed by atoms with Crippen LogP contribution in [-0.2, 0) is 0 Å². The van der Waals surface area contributed by atoms with Gasteiger partial charge >= 0.3 is 0 Å². The Morgan fingerprint density at radius 3 is 2.44 bits per heavy atom. The Bertz CT molecular complexity index is 1070. The maximum Gasteiger partial charge on any atom is 0.173 e. The first-order valence-corrected chi connectivity index (χ1v) is 11.7. The van der Waals surface area contributed by atoms with E-state index in [2.05, 4.69) is 57.4 Å². The highest BCUT2D eigenvalue weighted by atomic mass is 19.1. The normalized spacial score (nSPS) is 18.9. The van der Waals surface area contributed by atoms with Crippen molar-refractivity contribution in [1.82, 2.24) is 25.1 Å². The van der Waals surface area contributed by atoms with Crippen molar-refractivity contribution < 1.29 is 4.39 Å². The van der Waals surface area contributed by atoms with Crippen LogP contribution in [-0.4, -0.2) is 51.3 Å². The van der Waals surface area contributed by atoms with Crippen LogP contribution in [0.3, 0.4) is 0 Å². The number of tetrazole rings is 1. The Morgan fingerprint density at radius 1 is 0.938 bits per heavy atom. The Morgan fingerprint density at radius 2 is 1.69 bits per heavy atom. The van der Waals surface area contributed by atoms with Gasteiger partial charge in [0.05, 0.1) is 6.04 Å². The molecule has 0 unspecified atom stereocenters. The summed E-state index contributed by atoms with van der Waals surface area (Å²) in [7, 11) is 0. The topological polar surface area (TPSA) is 50.1 Å². The van der Waals surface area contributed by atoms with Gasteiger partial charge in [0, 0.05) is 37.4 Å². The van der Waals surface area contributed by atoms with Gasteiger partial charge in [0.25, 0.3) is 0 Å². The van der Waals surface area contributed by atoms with E-state index in [1.165, 1.54) is 29.7 Å². The van der Waals surface area contributed by atoms with Crippen molar-refractivity contribution in [1.29, 1.82) is 0 Å². The first kappa shape index (κ1) is 21.1. The number of benzene rings is 2. The number of hydrogen-bond acceptors (Lipinski definition) is 5. The van der Waals surface area contributed by atoms with E-state index in [9.17, 15) is 0 Å². The Kier molecular flexibility index (Phi) is 5.91. The highest BCUT2D eigenvalue weighted by Gasteiger charge is 2.34. The van der Waals surface area contributed by atoms with E-state index in [1.807, 2.05) is 16.8 Å². The lowest BCUT2D eigenvalue weighted by atomic mass is 10.0. The van der Waals surface area contributed by atoms with Crippen LogP contribution in [0.4, 0.5) is 10.1 Å². The van der Waals surface area contributed by atoms with Crippen molar-refractivity contribution in [3.8, 4) is 0 Å². The predicted molar refractivity (Wildman–Crippen MR) is 123 cm³/mol. The molecule has 0 bridgehead atoms. The second-order valence-electron chi connectivity index (χ2n) is 9.09. The lowest BCUT2D eigenvalue weighted by Gasteiger charge is -2.40. The Labute approximate surface area is 189 Å². The fourth-order valence-corrected chi connectivity index (χ4v) is 5.28. The summed E-state index contributed by atoms with van der Waals surface area (Å²) < 4.78 is 17.0. The lowest BCUT2D eigenvalue weighted by molar-refractivity contribution is 0.194. The van der Waals surface area contributed by atoms with E-state index < -0.39 is 0 Å². The minimum atomic E-state index is -0.285. The molecule has 0 spiro atoms. The van der Waals surface area contributed by atoms with Crippen LogP contribution in [0.2, 0.25) is 0 Å². The number of rotatable bonds is 5. The number of aryl methyl sites for hydroxylation is 1. The molecule has 2 fully saturated rings. The third-order valence-corrected chi connectivity index (χ3v) is 7.23. The van der Waals surface area contributed by atoms with Crippen LogP contribution in [0, 0.1) is 19.7 Å². The predicted octanol–water partition coefficient (Wildman–Crippen LogP) is 4.46. The van der Waals surface area contributed by atoms with Gasteiger partial charge in [0.15, 0.2) is 5.82 Å². The van der Waals surface area contributed by atoms with Gasteiger partial charge in [-0.15, -0.1) is 5.10 Å². The van der Waals surface area contributed by atoms with Crippen molar-refractivity contribution >= 4 is 5.69 Å². The molecule has 2 heterocycles. The molecule has 1 saturated carbocycles. The molecule has 6 nitrogen and oxygen atoms in total. The third-order valence-electron chi connectivity index (χ3n) is 7.23. The van der Waals surface area contributed by atoms with Crippen molar-refractivity contribution in [2.24, 2.45) is 0 Å². The zero-order valence-electron chi connectivity index (χ0n) is 18.9. The molecule has 32 heavy (non-hydrogen) atoms. The van der Waals surface area contributed by atoms with E-state index in [0.29, 0.717) is 11.6 Å². The van der Waals surface area contributed by atoms with Crippen molar-refractivity contribution in [2.45, 2.75) is 51.6 Å². The highest BCUT2D eigenvalue weighted by Crippen LogP contribution is 2.35. The summed E-state index contributed by atoms with van der Waals surface area (Å²) in [6, 6.07) is 13.6. The van der Waals surface area contributed by atoms with Gasteiger partial charge in [-0.05, 0) is 60.4 Å². The molecule has 1 aromatic heterocycles. The van der Waals surface area contributed by atoms with Crippen LogP contribution in [0.5, 0.6) is 0 Å². The number of anilines is 1. The first-order chi connectivity index (χ1) is 15.6. The molecule has 168 valence electrons. The van der Waals surface area contributed by atoms with Gasteiger partial charge < -0.3 is 4.90 Å². The van der Waals surface area contributed by atoms with Crippen molar-refractivity contribution in [3.05, 3.63) is 70.8 Å². The Hall–Kier alpha value is -2.80. The van der Waals surface area contributed by atoms with E-state index in [1.54, 1.807) is 12.1 Å². The SMILES string of the molecule is Cc1cccc(N2CCN([C@@H](c3ccccc3F)c3nnnn3C3CCCC3)CC2)c1C. The number of nitrogens with zero attached hydrogens (tertiary/aromatic N) is 6. The van der Waals surface area contributed by atoms with Crippen LogP contribution < -0.4 is 4.90 Å². The maximum atomic E-state index is 15.0. The van der Waals surface area contributed by atoms with Crippen LogP contribution in [0.1, 0.15) is 60.3 Å². The molecule has 7 heteroatoms. The first-order valence-electron chi connectivity index (χ1n) is 11.7. The third kappa shape index (κ3) is 3.90. The summed E-state index contributed by atoms with van der Waals surface area (Å²) in [4.78, 5) is 4.79. The minimum absolute atomic E-state index is 0.199. The molecule has 1 aliphatic carbocycles. The van der Waals surface area contributed by atoms with E-state index in [-0.39, 0.29) is 11.9 Å². The van der Waals surface area contributed by atoms with E-state index in [4.69, 9.17) is 0 Å². The quantitative estimate of drug-likeness (QED) is 0.594. The van der Waals surface area contributed by atoms with E-state index >= 15 is 4.39 Å². The summed E-state index contributed by atoms with van der Waals surface area (Å²) in [5, 5.41) is 12.8. The molecular weight excluding hydrogens is 403 g/mol. The molecule has 0 N–H and O–H groups in total. The lowest BCUT2D eigenvalue weighted by Crippen LogP contribution is -2.48. The van der Waals surface area contributed by atoms with Gasteiger partial charge in [-0.1, -0.05) is 43.2 Å². The molecular formula is C25H31FN6. The number of piperazine rings is 1. The van der Waals surface area contributed by atoms with Crippen molar-refractivity contribution in [3.63, 3.8) is 0 Å². The minimum Gasteiger partial charge on any atom is -0.369 e. The summed E-state index contributed by atoms with van der Waals surface area (Å²) >= 11 is 0. The van der Waals surface area contributed by atoms with Gasteiger partial charge in [-0.25, -0.2) is 9.07 Å². The summed E-state index contributed by atoms with van der Waals surface area (Å²) in [5.74, 6) is 0.567. The fourth-order valence-electron chi connectivity index (χ4n) is 5.28. The highest BCUT2D eigenvalue weighted by molar-refractivity contribution is 5.56. The molecule has 5 rings (SSSR count). The summed E-state index contributed by atoms with van der Waals surface area (Å²) in [6.45, 7) is 7.77. The van der Waals surface area contributed by atoms with Gasteiger partial charge in [0.1, 0.15) is 11.9 Å². The molecule has 1 aliphatic heterocycles. The number of aromatic nitrogens is 4. The number of halogens is 1. The van der Waals surface area contributed by atoms with Crippen LogP contribution in [0.15, 0.2) is 42.5 Å². The monoisotopic (exact) mass is 434 g/mol. The second kappa shape index (κ2) is 8.98. The smallest absolute Gasteiger partial charge is 0.173 e. The Balaban J connectivity index is 1.45. The van der Waals surface area contributed by atoms with Gasteiger partial charge in [-0.3, -0.25) is 4.90 Å².